The van der Waals surface area contributed by atoms with E-state index in [2.05, 4.69) is 0 Å². The number of hydrogen-bond donors (Lipinski definition) is 1. The maximum atomic E-state index is 10.8. The minimum absolute atomic E-state index is 0.0795. The van der Waals surface area contributed by atoms with Crippen LogP contribution in [0.25, 0.3) is 0 Å². The van der Waals surface area contributed by atoms with Crippen LogP contribution >= 0.6 is 0 Å². The van der Waals surface area contributed by atoms with Crippen LogP contribution in [0.3, 0.4) is 0 Å². The standard InChI is InChI=1S/C15H22O3/c1-11(2)18-14-7-5-4-6-13(14)15(16)8-9-17-12(3)10-15/h4-7,11-12,16H,8-10H2,1-3H3. The molecule has 2 rings (SSSR count). The van der Waals surface area contributed by atoms with Gasteiger partial charge in [0.1, 0.15) is 5.75 Å². The van der Waals surface area contributed by atoms with E-state index in [1.807, 2.05) is 45.0 Å². The van der Waals surface area contributed by atoms with Gasteiger partial charge in [-0.05, 0) is 26.8 Å². The fourth-order valence-corrected chi connectivity index (χ4v) is 2.52. The summed E-state index contributed by atoms with van der Waals surface area (Å²) in [5.41, 5.74) is 0.0530. The summed E-state index contributed by atoms with van der Waals surface area (Å²) in [4.78, 5) is 0. The lowest BCUT2D eigenvalue weighted by Crippen LogP contribution is -2.37. The molecule has 1 aliphatic heterocycles. The van der Waals surface area contributed by atoms with Crippen molar-refractivity contribution in [1.29, 1.82) is 0 Å². The predicted octanol–water partition coefficient (Wildman–Crippen LogP) is 2.86. The Labute approximate surface area is 109 Å². The van der Waals surface area contributed by atoms with Crippen LogP contribution < -0.4 is 4.74 Å². The van der Waals surface area contributed by atoms with Gasteiger partial charge in [-0.25, -0.2) is 0 Å². The molecule has 1 aliphatic rings. The van der Waals surface area contributed by atoms with Crippen molar-refractivity contribution in [2.45, 2.75) is 51.4 Å². The molecule has 1 aromatic carbocycles. The van der Waals surface area contributed by atoms with E-state index >= 15 is 0 Å². The molecule has 1 N–H and O–H groups in total. The molecule has 3 nitrogen and oxygen atoms in total. The van der Waals surface area contributed by atoms with Crippen molar-refractivity contribution in [2.75, 3.05) is 6.61 Å². The molecule has 100 valence electrons. The largest absolute Gasteiger partial charge is 0.491 e. The monoisotopic (exact) mass is 250 g/mol. The third-order valence-electron chi connectivity index (χ3n) is 3.29. The molecule has 0 aromatic heterocycles. The molecule has 2 unspecified atom stereocenters. The summed E-state index contributed by atoms with van der Waals surface area (Å²) in [5, 5.41) is 10.8. The predicted molar refractivity (Wildman–Crippen MR) is 70.8 cm³/mol. The molecule has 1 fully saturated rings. The molecule has 3 heteroatoms. The smallest absolute Gasteiger partial charge is 0.125 e. The summed E-state index contributed by atoms with van der Waals surface area (Å²) in [6, 6.07) is 7.76. The summed E-state index contributed by atoms with van der Waals surface area (Å²) in [7, 11) is 0. The van der Waals surface area contributed by atoms with E-state index < -0.39 is 5.60 Å². The van der Waals surface area contributed by atoms with Gasteiger partial charge in [0.25, 0.3) is 0 Å². The Morgan fingerprint density at radius 2 is 2.11 bits per heavy atom. The van der Waals surface area contributed by atoms with Crippen molar-refractivity contribution in [2.24, 2.45) is 0 Å². The van der Waals surface area contributed by atoms with Crippen LogP contribution in [-0.4, -0.2) is 23.9 Å². The van der Waals surface area contributed by atoms with Crippen LogP contribution in [0.5, 0.6) is 5.75 Å². The highest BCUT2D eigenvalue weighted by molar-refractivity contribution is 5.38. The molecule has 0 radical (unpaired) electrons. The molecular formula is C15H22O3. The summed E-state index contributed by atoms with van der Waals surface area (Å²) < 4.78 is 11.3. The number of benzene rings is 1. The first kappa shape index (κ1) is 13.4. The highest BCUT2D eigenvalue weighted by atomic mass is 16.5. The average Bonchev–Trinajstić information content (AvgIpc) is 2.28. The van der Waals surface area contributed by atoms with E-state index in [4.69, 9.17) is 9.47 Å². The van der Waals surface area contributed by atoms with Crippen LogP contribution in [0, 0.1) is 0 Å². The van der Waals surface area contributed by atoms with Gasteiger partial charge in [0.2, 0.25) is 0 Å². The van der Waals surface area contributed by atoms with Crippen LogP contribution in [-0.2, 0) is 10.3 Å². The van der Waals surface area contributed by atoms with E-state index in [0.717, 1.165) is 11.3 Å². The second-order valence-corrected chi connectivity index (χ2v) is 5.33. The van der Waals surface area contributed by atoms with Gasteiger partial charge in [0.05, 0.1) is 24.4 Å². The molecule has 1 aromatic rings. The SMILES string of the molecule is CC(C)Oc1ccccc1C1(O)CCOC(C)C1. The number of para-hydroxylation sites is 1. The Hall–Kier alpha value is -1.06. The van der Waals surface area contributed by atoms with Gasteiger partial charge in [-0.3, -0.25) is 0 Å². The Balaban J connectivity index is 2.31. The highest BCUT2D eigenvalue weighted by Crippen LogP contribution is 2.39. The minimum Gasteiger partial charge on any atom is -0.491 e. The van der Waals surface area contributed by atoms with Crippen molar-refractivity contribution in [3.05, 3.63) is 29.8 Å². The molecule has 0 aliphatic carbocycles. The molecule has 18 heavy (non-hydrogen) atoms. The lowest BCUT2D eigenvalue weighted by Gasteiger charge is -2.37. The van der Waals surface area contributed by atoms with Gasteiger partial charge in [-0.1, -0.05) is 18.2 Å². The second kappa shape index (κ2) is 5.29. The third-order valence-corrected chi connectivity index (χ3v) is 3.29. The Morgan fingerprint density at radius 1 is 1.39 bits per heavy atom. The first-order chi connectivity index (χ1) is 8.51. The third kappa shape index (κ3) is 2.85. The normalized spacial score (nSPS) is 28.4. The molecule has 1 saturated heterocycles. The van der Waals surface area contributed by atoms with Crippen LogP contribution in [0.1, 0.15) is 39.2 Å². The lowest BCUT2D eigenvalue weighted by molar-refractivity contribution is -0.102. The molecule has 2 atom stereocenters. The number of ether oxygens (including phenoxy) is 2. The van der Waals surface area contributed by atoms with Gasteiger partial charge >= 0.3 is 0 Å². The zero-order chi connectivity index (χ0) is 13.2. The summed E-state index contributed by atoms with van der Waals surface area (Å²) in [5.74, 6) is 0.782. The van der Waals surface area contributed by atoms with E-state index in [-0.39, 0.29) is 12.2 Å². The second-order valence-electron chi connectivity index (χ2n) is 5.33. The summed E-state index contributed by atoms with van der Waals surface area (Å²) in [6.45, 7) is 6.57. The number of hydrogen-bond acceptors (Lipinski definition) is 3. The van der Waals surface area contributed by atoms with Crippen LogP contribution in [0.4, 0.5) is 0 Å². The maximum absolute atomic E-state index is 10.8. The fraction of sp³-hybridized carbons (Fsp3) is 0.600. The highest BCUT2D eigenvalue weighted by Gasteiger charge is 2.37. The van der Waals surface area contributed by atoms with E-state index in [1.54, 1.807) is 0 Å². The van der Waals surface area contributed by atoms with Crippen molar-refractivity contribution >= 4 is 0 Å². The van der Waals surface area contributed by atoms with Gasteiger partial charge in [-0.2, -0.15) is 0 Å². The van der Waals surface area contributed by atoms with Gasteiger partial charge in [0.15, 0.2) is 0 Å². The zero-order valence-corrected chi connectivity index (χ0v) is 11.3. The van der Waals surface area contributed by atoms with Crippen molar-refractivity contribution in [3.63, 3.8) is 0 Å². The van der Waals surface area contributed by atoms with Gasteiger partial charge in [-0.15, -0.1) is 0 Å². The minimum atomic E-state index is -0.830. The summed E-state index contributed by atoms with van der Waals surface area (Å²) >= 11 is 0. The number of rotatable bonds is 3. The van der Waals surface area contributed by atoms with Crippen molar-refractivity contribution in [1.82, 2.24) is 0 Å². The molecule has 0 saturated carbocycles. The molecular weight excluding hydrogens is 228 g/mol. The summed E-state index contributed by atoms with van der Waals surface area (Å²) in [6.07, 6.45) is 1.42. The van der Waals surface area contributed by atoms with Gasteiger partial charge < -0.3 is 14.6 Å². The van der Waals surface area contributed by atoms with Crippen LogP contribution in [0.15, 0.2) is 24.3 Å². The fourth-order valence-electron chi connectivity index (χ4n) is 2.52. The molecule has 0 spiro atoms. The Morgan fingerprint density at radius 3 is 2.78 bits per heavy atom. The average molecular weight is 250 g/mol. The van der Waals surface area contributed by atoms with Gasteiger partial charge in [0, 0.05) is 18.4 Å². The van der Waals surface area contributed by atoms with E-state index in [0.29, 0.717) is 19.4 Å². The van der Waals surface area contributed by atoms with Crippen molar-refractivity contribution in [3.8, 4) is 5.75 Å². The zero-order valence-electron chi connectivity index (χ0n) is 11.3. The first-order valence-corrected chi connectivity index (χ1v) is 6.61. The number of aliphatic hydroxyl groups is 1. The molecule has 0 bridgehead atoms. The van der Waals surface area contributed by atoms with E-state index in [9.17, 15) is 5.11 Å². The molecule has 0 amide bonds. The first-order valence-electron chi connectivity index (χ1n) is 6.61. The van der Waals surface area contributed by atoms with Crippen LogP contribution in [0.2, 0.25) is 0 Å². The lowest BCUT2D eigenvalue weighted by atomic mass is 9.83. The molecule has 1 heterocycles. The van der Waals surface area contributed by atoms with Crippen molar-refractivity contribution < 1.29 is 14.6 Å². The Bertz CT molecular complexity index is 402. The maximum Gasteiger partial charge on any atom is 0.125 e. The van der Waals surface area contributed by atoms with E-state index in [1.165, 1.54) is 0 Å². The topological polar surface area (TPSA) is 38.7 Å². The Kier molecular flexibility index (Phi) is 3.93. The quantitative estimate of drug-likeness (QED) is 0.896.